The molecule has 27 heavy (non-hydrogen) atoms. The largest absolute Gasteiger partial charge is 0.325 e. The van der Waals surface area contributed by atoms with E-state index in [0.29, 0.717) is 5.75 Å². The third-order valence-corrected chi connectivity index (χ3v) is 6.15. The first kappa shape index (κ1) is 21.2. The summed E-state index contributed by atoms with van der Waals surface area (Å²) < 4.78 is 0. The van der Waals surface area contributed by atoms with Crippen LogP contribution in [-0.4, -0.2) is 16.9 Å². The molecule has 2 aromatic rings. The highest BCUT2D eigenvalue weighted by Crippen LogP contribution is 2.28. The molecule has 144 valence electrons. The predicted molar refractivity (Wildman–Crippen MR) is 116 cm³/mol. The normalized spacial score (nSPS) is 12.0. The summed E-state index contributed by atoms with van der Waals surface area (Å²) in [5.74, 6) is 0.805. The zero-order valence-electron chi connectivity index (χ0n) is 17.3. The second-order valence-corrected chi connectivity index (χ2v) is 8.64. The molecule has 0 unspecified atom stereocenters. The van der Waals surface area contributed by atoms with Gasteiger partial charge in [-0.2, -0.15) is 0 Å². The summed E-state index contributed by atoms with van der Waals surface area (Å²) in [5, 5.41) is 2.85. The monoisotopic (exact) mass is 383 g/mol. The Kier molecular flexibility index (Phi) is 6.88. The van der Waals surface area contributed by atoms with Gasteiger partial charge in [0.2, 0.25) is 5.91 Å². The van der Waals surface area contributed by atoms with Crippen LogP contribution in [-0.2, 0) is 10.5 Å². The number of Topliss-reactive ketones (excluding diaryl/α,β-unsaturated/α-hetero) is 1. The maximum absolute atomic E-state index is 12.6. The SMILES string of the molecule is CC(=O)c1c(C)cc(C)c(CS[C@H](C)C(=O)Nc2cc(C)ccc2C)c1C. The molecule has 2 aromatic carbocycles. The van der Waals surface area contributed by atoms with E-state index in [0.717, 1.165) is 39.1 Å². The Morgan fingerprint density at radius 3 is 2.30 bits per heavy atom. The van der Waals surface area contributed by atoms with Crippen LogP contribution in [0.5, 0.6) is 0 Å². The van der Waals surface area contributed by atoms with E-state index in [1.807, 2.05) is 52.8 Å². The van der Waals surface area contributed by atoms with Crippen molar-refractivity contribution in [1.82, 2.24) is 0 Å². The Labute approximate surface area is 166 Å². The topological polar surface area (TPSA) is 46.2 Å². The lowest BCUT2D eigenvalue weighted by Crippen LogP contribution is -2.23. The fraction of sp³-hybridized carbons (Fsp3) is 0.391. The predicted octanol–water partition coefficient (Wildman–Crippen LogP) is 5.69. The minimum atomic E-state index is -0.189. The van der Waals surface area contributed by atoms with E-state index in [1.165, 1.54) is 5.56 Å². The average molecular weight is 384 g/mol. The zero-order valence-corrected chi connectivity index (χ0v) is 18.1. The van der Waals surface area contributed by atoms with Gasteiger partial charge in [0.25, 0.3) is 0 Å². The average Bonchev–Trinajstić information content (AvgIpc) is 2.56. The number of hydrogen-bond donors (Lipinski definition) is 1. The van der Waals surface area contributed by atoms with Crippen molar-refractivity contribution in [3.8, 4) is 0 Å². The molecule has 0 aromatic heterocycles. The Balaban J connectivity index is 2.12. The number of rotatable bonds is 6. The summed E-state index contributed by atoms with van der Waals surface area (Å²) in [6.07, 6.45) is 0. The Hall–Kier alpha value is -2.07. The standard InChI is InChI=1S/C23H29NO2S/c1-13-8-9-14(2)21(10-13)24-23(26)19(7)27-12-20-15(3)11-16(4)22(17(20)5)18(6)25/h8-11,19H,12H2,1-7H3,(H,24,26)/t19-/m1/s1. The van der Waals surface area contributed by atoms with Crippen LogP contribution in [0.3, 0.4) is 0 Å². The van der Waals surface area contributed by atoms with Crippen molar-refractivity contribution in [2.45, 2.75) is 59.5 Å². The lowest BCUT2D eigenvalue weighted by Gasteiger charge is -2.18. The number of hydrogen-bond acceptors (Lipinski definition) is 3. The van der Waals surface area contributed by atoms with Crippen molar-refractivity contribution in [2.24, 2.45) is 0 Å². The number of aryl methyl sites for hydroxylation is 4. The summed E-state index contributed by atoms with van der Waals surface area (Å²) >= 11 is 1.60. The van der Waals surface area contributed by atoms with E-state index in [1.54, 1.807) is 18.7 Å². The molecule has 0 aliphatic rings. The molecule has 0 bridgehead atoms. The van der Waals surface area contributed by atoms with Crippen molar-refractivity contribution >= 4 is 29.1 Å². The molecule has 1 amide bonds. The van der Waals surface area contributed by atoms with Crippen LogP contribution >= 0.6 is 11.8 Å². The van der Waals surface area contributed by atoms with E-state index in [-0.39, 0.29) is 16.9 Å². The fourth-order valence-corrected chi connectivity index (χ4v) is 4.45. The summed E-state index contributed by atoms with van der Waals surface area (Å²) in [7, 11) is 0. The summed E-state index contributed by atoms with van der Waals surface area (Å²) in [6.45, 7) is 13.6. The van der Waals surface area contributed by atoms with Crippen molar-refractivity contribution in [3.63, 3.8) is 0 Å². The molecule has 0 fully saturated rings. The summed E-state index contributed by atoms with van der Waals surface area (Å²) in [6, 6.07) is 8.13. The Morgan fingerprint density at radius 2 is 1.67 bits per heavy atom. The molecule has 2 rings (SSSR count). The molecular weight excluding hydrogens is 354 g/mol. The van der Waals surface area contributed by atoms with Crippen LogP contribution in [0.15, 0.2) is 24.3 Å². The van der Waals surface area contributed by atoms with Crippen LogP contribution in [0.1, 0.15) is 57.6 Å². The number of thioether (sulfide) groups is 1. The van der Waals surface area contributed by atoms with Crippen LogP contribution in [0.4, 0.5) is 5.69 Å². The Morgan fingerprint density at radius 1 is 1.00 bits per heavy atom. The number of carbonyl (C=O) groups is 2. The molecule has 0 spiro atoms. The van der Waals surface area contributed by atoms with Crippen molar-refractivity contribution in [3.05, 3.63) is 63.2 Å². The van der Waals surface area contributed by atoms with Crippen molar-refractivity contribution in [2.75, 3.05) is 5.32 Å². The third kappa shape index (κ3) is 5.01. The molecule has 1 N–H and O–H groups in total. The van der Waals surface area contributed by atoms with E-state index in [2.05, 4.69) is 18.3 Å². The van der Waals surface area contributed by atoms with Gasteiger partial charge in [0.15, 0.2) is 5.78 Å². The highest BCUT2D eigenvalue weighted by molar-refractivity contribution is 7.99. The molecule has 4 heteroatoms. The van der Waals surface area contributed by atoms with Crippen LogP contribution in [0.2, 0.25) is 0 Å². The van der Waals surface area contributed by atoms with Gasteiger partial charge in [-0.25, -0.2) is 0 Å². The molecule has 0 aliphatic heterocycles. The van der Waals surface area contributed by atoms with Gasteiger partial charge in [-0.1, -0.05) is 18.2 Å². The van der Waals surface area contributed by atoms with Gasteiger partial charge in [0, 0.05) is 17.0 Å². The third-order valence-electron chi connectivity index (χ3n) is 4.98. The number of ketones is 1. The summed E-state index contributed by atoms with van der Waals surface area (Å²) in [5.41, 5.74) is 8.24. The van der Waals surface area contributed by atoms with Gasteiger partial charge in [-0.05, 0) is 87.9 Å². The molecule has 0 radical (unpaired) electrons. The second kappa shape index (κ2) is 8.75. The molecule has 1 atom stereocenters. The van der Waals surface area contributed by atoms with Gasteiger partial charge >= 0.3 is 0 Å². The van der Waals surface area contributed by atoms with Crippen molar-refractivity contribution in [1.29, 1.82) is 0 Å². The smallest absolute Gasteiger partial charge is 0.237 e. The van der Waals surface area contributed by atoms with Crippen molar-refractivity contribution < 1.29 is 9.59 Å². The first-order chi connectivity index (χ1) is 12.6. The van der Waals surface area contributed by atoms with Crippen LogP contribution in [0.25, 0.3) is 0 Å². The van der Waals surface area contributed by atoms with Gasteiger partial charge in [0.05, 0.1) is 5.25 Å². The molecule has 0 saturated carbocycles. The lowest BCUT2D eigenvalue weighted by atomic mass is 9.92. The zero-order chi connectivity index (χ0) is 20.3. The first-order valence-electron chi connectivity index (χ1n) is 9.22. The Bertz CT molecular complexity index is 886. The molecular formula is C23H29NO2S. The number of carbonyl (C=O) groups excluding carboxylic acids is 2. The molecule has 0 saturated heterocycles. The lowest BCUT2D eigenvalue weighted by molar-refractivity contribution is -0.115. The van der Waals surface area contributed by atoms with E-state index in [9.17, 15) is 9.59 Å². The van der Waals surface area contributed by atoms with Gasteiger partial charge < -0.3 is 5.32 Å². The van der Waals surface area contributed by atoms with Crippen LogP contribution in [0, 0.1) is 34.6 Å². The van der Waals surface area contributed by atoms with E-state index in [4.69, 9.17) is 0 Å². The maximum Gasteiger partial charge on any atom is 0.237 e. The number of benzene rings is 2. The number of amides is 1. The number of nitrogens with one attached hydrogen (secondary N) is 1. The van der Waals surface area contributed by atoms with Gasteiger partial charge in [-0.3, -0.25) is 9.59 Å². The second-order valence-electron chi connectivity index (χ2n) is 7.31. The highest BCUT2D eigenvalue weighted by Gasteiger charge is 2.18. The van der Waals surface area contributed by atoms with Gasteiger partial charge in [-0.15, -0.1) is 11.8 Å². The fourth-order valence-electron chi connectivity index (χ4n) is 3.38. The molecule has 0 aliphatic carbocycles. The summed E-state index contributed by atoms with van der Waals surface area (Å²) in [4.78, 5) is 24.6. The number of anilines is 1. The quantitative estimate of drug-likeness (QED) is 0.652. The minimum absolute atomic E-state index is 0.00269. The highest BCUT2D eigenvalue weighted by atomic mass is 32.2. The van der Waals surface area contributed by atoms with Crippen LogP contribution < -0.4 is 5.32 Å². The molecule has 0 heterocycles. The minimum Gasteiger partial charge on any atom is -0.325 e. The molecule has 3 nitrogen and oxygen atoms in total. The van der Waals surface area contributed by atoms with E-state index < -0.39 is 0 Å². The van der Waals surface area contributed by atoms with E-state index >= 15 is 0 Å². The maximum atomic E-state index is 12.6. The van der Waals surface area contributed by atoms with Gasteiger partial charge in [0.1, 0.15) is 0 Å². The first-order valence-corrected chi connectivity index (χ1v) is 10.3.